The van der Waals surface area contributed by atoms with Crippen molar-refractivity contribution >= 4 is 66.1 Å². The second-order valence-electron chi connectivity index (χ2n) is 6.99. The Hall–Kier alpha value is -2.42. The summed E-state index contributed by atoms with van der Waals surface area (Å²) in [6.45, 7) is 3.72. The summed E-state index contributed by atoms with van der Waals surface area (Å²) in [5.41, 5.74) is 4.67. The second kappa shape index (κ2) is 8.98. The highest BCUT2D eigenvalue weighted by atomic mass is 79.9. The van der Waals surface area contributed by atoms with Gasteiger partial charge in [-0.05, 0) is 89.4 Å². The summed E-state index contributed by atoms with van der Waals surface area (Å²) in [4.78, 5) is 14.1. The van der Waals surface area contributed by atoms with Crippen molar-refractivity contribution in [2.24, 2.45) is 0 Å². The van der Waals surface area contributed by atoms with Crippen LogP contribution in [-0.4, -0.2) is 27.5 Å². The van der Waals surface area contributed by atoms with Crippen LogP contribution in [0.3, 0.4) is 0 Å². The first kappa shape index (κ1) is 21.8. The summed E-state index contributed by atoms with van der Waals surface area (Å²) in [6, 6.07) is 14.8. The number of amides is 1. The van der Waals surface area contributed by atoms with Crippen LogP contribution in [0.1, 0.15) is 11.1 Å². The molecule has 1 aromatic heterocycles. The van der Waals surface area contributed by atoms with Crippen LogP contribution in [0.15, 0.2) is 57.5 Å². The summed E-state index contributed by atoms with van der Waals surface area (Å²) in [6.07, 6.45) is 0. The van der Waals surface area contributed by atoms with E-state index in [2.05, 4.69) is 47.4 Å². The zero-order valence-corrected chi connectivity index (χ0v) is 20.5. The molecule has 1 heterocycles. The predicted molar refractivity (Wildman–Crippen MR) is 129 cm³/mol. The van der Waals surface area contributed by atoms with Crippen LogP contribution < -0.4 is 10.1 Å². The summed E-state index contributed by atoms with van der Waals surface area (Å²) in [5, 5.41) is 12.6. The third-order valence-corrected chi connectivity index (χ3v) is 5.90. The normalized spacial score (nSPS) is 11.0. The topological polar surface area (TPSA) is 69.0 Å². The van der Waals surface area contributed by atoms with E-state index in [1.807, 2.05) is 50.2 Å². The van der Waals surface area contributed by atoms with Crippen molar-refractivity contribution < 1.29 is 9.53 Å². The van der Waals surface area contributed by atoms with Gasteiger partial charge in [-0.3, -0.25) is 4.79 Å². The summed E-state index contributed by atoms with van der Waals surface area (Å²) in [5.74, 6) is 0.373. The maximum absolute atomic E-state index is 12.5. The number of carbonyl (C=O) groups excluding carboxylic acids is 1. The number of hydrogen-bond donors (Lipinski definition) is 1. The fraction of sp³-hybridized carbons (Fsp3) is 0.136. The predicted octanol–water partition coefficient (Wildman–Crippen LogP) is 6.23. The number of fused-ring (bicyclic) bond motifs is 1. The molecule has 4 aromatic rings. The van der Waals surface area contributed by atoms with Crippen LogP contribution in [0.4, 0.5) is 5.69 Å². The number of rotatable bonds is 5. The van der Waals surface area contributed by atoms with Gasteiger partial charge >= 0.3 is 0 Å². The zero-order valence-electron chi connectivity index (χ0n) is 16.6. The lowest BCUT2D eigenvalue weighted by Gasteiger charge is -2.12. The highest BCUT2D eigenvalue weighted by Crippen LogP contribution is 2.32. The molecule has 0 atom stereocenters. The van der Waals surface area contributed by atoms with Crippen molar-refractivity contribution in [1.82, 2.24) is 15.0 Å². The SMILES string of the molecule is Cc1cc2nn(-c3ccc(Cl)cc3)nc2cc1NC(=O)COc1c(C)cc(Br)cc1Br. The van der Waals surface area contributed by atoms with Crippen molar-refractivity contribution in [2.45, 2.75) is 13.8 Å². The minimum Gasteiger partial charge on any atom is -0.482 e. The van der Waals surface area contributed by atoms with Crippen molar-refractivity contribution in [1.29, 1.82) is 0 Å². The van der Waals surface area contributed by atoms with Crippen LogP contribution in [0.25, 0.3) is 16.7 Å². The van der Waals surface area contributed by atoms with Crippen molar-refractivity contribution in [3.63, 3.8) is 0 Å². The Bertz CT molecular complexity index is 1270. The van der Waals surface area contributed by atoms with Gasteiger partial charge in [-0.25, -0.2) is 0 Å². The van der Waals surface area contributed by atoms with Gasteiger partial charge in [0.2, 0.25) is 0 Å². The Morgan fingerprint density at radius 1 is 1.03 bits per heavy atom. The molecule has 158 valence electrons. The zero-order chi connectivity index (χ0) is 22.1. The van der Waals surface area contributed by atoms with Crippen LogP contribution in [0.2, 0.25) is 5.02 Å². The fourth-order valence-corrected chi connectivity index (χ4v) is 4.77. The first-order valence-electron chi connectivity index (χ1n) is 9.32. The van der Waals surface area contributed by atoms with Crippen LogP contribution >= 0.6 is 43.5 Å². The summed E-state index contributed by atoms with van der Waals surface area (Å²) < 4.78 is 7.45. The molecule has 0 bridgehead atoms. The van der Waals surface area contributed by atoms with Gasteiger partial charge in [0.15, 0.2) is 6.61 Å². The fourth-order valence-electron chi connectivity index (χ4n) is 3.09. The molecule has 31 heavy (non-hydrogen) atoms. The number of halogens is 3. The largest absolute Gasteiger partial charge is 0.482 e. The maximum Gasteiger partial charge on any atom is 0.262 e. The van der Waals surface area contributed by atoms with Gasteiger partial charge in [0.1, 0.15) is 16.8 Å². The molecule has 0 unspecified atom stereocenters. The molecule has 0 fully saturated rings. The average molecular weight is 565 g/mol. The lowest BCUT2D eigenvalue weighted by molar-refractivity contribution is -0.118. The number of anilines is 1. The molecule has 1 N–H and O–H groups in total. The van der Waals surface area contributed by atoms with Crippen LogP contribution in [0.5, 0.6) is 5.75 Å². The minimum atomic E-state index is -0.262. The lowest BCUT2D eigenvalue weighted by atomic mass is 10.1. The number of nitrogens with one attached hydrogen (secondary N) is 1. The van der Waals surface area contributed by atoms with Gasteiger partial charge in [0.25, 0.3) is 5.91 Å². The van der Waals surface area contributed by atoms with E-state index in [1.54, 1.807) is 16.9 Å². The number of carbonyl (C=O) groups is 1. The monoisotopic (exact) mass is 562 g/mol. The Labute approximate surface area is 200 Å². The molecule has 0 saturated carbocycles. The Balaban J connectivity index is 1.51. The van der Waals surface area contributed by atoms with Gasteiger partial charge in [-0.1, -0.05) is 27.5 Å². The molecule has 6 nitrogen and oxygen atoms in total. The molecule has 0 aliphatic heterocycles. The molecule has 0 aliphatic rings. The number of nitrogens with zero attached hydrogens (tertiary/aromatic N) is 3. The number of ether oxygens (including phenoxy) is 1. The van der Waals surface area contributed by atoms with E-state index < -0.39 is 0 Å². The van der Waals surface area contributed by atoms with Gasteiger partial charge in [0, 0.05) is 15.2 Å². The highest BCUT2D eigenvalue weighted by molar-refractivity contribution is 9.11. The van der Waals surface area contributed by atoms with Gasteiger partial charge < -0.3 is 10.1 Å². The Morgan fingerprint density at radius 2 is 1.71 bits per heavy atom. The molecule has 0 aliphatic carbocycles. The summed E-state index contributed by atoms with van der Waals surface area (Å²) >= 11 is 12.9. The first-order chi connectivity index (χ1) is 14.8. The Kier molecular flexibility index (Phi) is 6.31. The van der Waals surface area contributed by atoms with E-state index in [0.29, 0.717) is 22.0 Å². The van der Waals surface area contributed by atoms with E-state index in [1.165, 1.54) is 0 Å². The van der Waals surface area contributed by atoms with Crippen LogP contribution in [0, 0.1) is 13.8 Å². The second-order valence-corrected chi connectivity index (χ2v) is 9.20. The first-order valence-corrected chi connectivity index (χ1v) is 11.3. The third kappa shape index (κ3) is 4.92. The lowest BCUT2D eigenvalue weighted by Crippen LogP contribution is -2.21. The Morgan fingerprint density at radius 3 is 2.39 bits per heavy atom. The average Bonchev–Trinajstić information content (AvgIpc) is 3.10. The van der Waals surface area contributed by atoms with E-state index in [9.17, 15) is 4.79 Å². The van der Waals surface area contributed by atoms with Gasteiger partial charge in [-0.2, -0.15) is 4.80 Å². The molecule has 1 amide bonds. The molecule has 0 radical (unpaired) electrons. The molecule has 3 aromatic carbocycles. The van der Waals surface area contributed by atoms with Crippen molar-refractivity contribution in [3.05, 3.63) is 73.6 Å². The van der Waals surface area contributed by atoms with E-state index in [0.717, 1.165) is 31.3 Å². The van der Waals surface area contributed by atoms with Gasteiger partial charge in [0.05, 0.1) is 10.2 Å². The quantitative estimate of drug-likeness (QED) is 0.312. The van der Waals surface area contributed by atoms with E-state index >= 15 is 0 Å². The number of aryl methyl sites for hydroxylation is 2. The molecular weight excluding hydrogens is 548 g/mol. The molecule has 0 spiro atoms. The summed E-state index contributed by atoms with van der Waals surface area (Å²) in [7, 11) is 0. The standard InChI is InChI=1S/C22H17Br2ClN4O2/c1-12-8-19-20(28-29(27-19)16-5-3-15(25)4-6-16)10-18(12)26-21(30)11-31-22-13(2)7-14(23)9-17(22)24/h3-10H,11H2,1-2H3,(H,26,30). The molecule has 0 saturated heterocycles. The highest BCUT2D eigenvalue weighted by Gasteiger charge is 2.13. The van der Waals surface area contributed by atoms with E-state index in [-0.39, 0.29) is 12.5 Å². The van der Waals surface area contributed by atoms with Crippen molar-refractivity contribution in [3.8, 4) is 11.4 Å². The number of aromatic nitrogens is 3. The van der Waals surface area contributed by atoms with Crippen LogP contribution in [-0.2, 0) is 4.79 Å². The van der Waals surface area contributed by atoms with Crippen molar-refractivity contribution in [2.75, 3.05) is 11.9 Å². The van der Waals surface area contributed by atoms with E-state index in [4.69, 9.17) is 16.3 Å². The number of hydrogen-bond acceptors (Lipinski definition) is 4. The smallest absolute Gasteiger partial charge is 0.262 e. The van der Waals surface area contributed by atoms with Gasteiger partial charge in [-0.15, -0.1) is 10.2 Å². The minimum absolute atomic E-state index is 0.115. The maximum atomic E-state index is 12.5. The molecular formula is C22H17Br2ClN4O2. The third-order valence-electron chi connectivity index (χ3n) is 4.60. The molecule has 4 rings (SSSR count). The molecule has 9 heteroatoms. The number of benzene rings is 3.